The molecule has 0 atom stereocenters. The summed E-state index contributed by atoms with van der Waals surface area (Å²) < 4.78 is 2.79. The second-order valence-corrected chi connectivity index (χ2v) is 15.9. The fourth-order valence-electron chi connectivity index (χ4n) is 9.17. The highest BCUT2D eigenvalue weighted by atomic mass is 32.1. The van der Waals surface area contributed by atoms with E-state index >= 15 is 0 Å². The van der Waals surface area contributed by atoms with Crippen molar-refractivity contribution in [2.45, 2.75) is 19.3 Å². The van der Waals surface area contributed by atoms with E-state index in [1.165, 1.54) is 108 Å². The zero-order chi connectivity index (χ0) is 34.6. The monoisotopic (exact) mass is 678 g/mol. The molecule has 0 radical (unpaired) electrons. The maximum Gasteiger partial charge on any atom is 0.0402 e. The van der Waals surface area contributed by atoms with Gasteiger partial charge in [0, 0.05) is 25.6 Å². The molecule has 0 nitrogen and oxygen atoms in total. The Labute approximate surface area is 307 Å². The van der Waals surface area contributed by atoms with Crippen molar-refractivity contribution < 1.29 is 0 Å². The molecule has 52 heavy (non-hydrogen) atoms. The van der Waals surface area contributed by atoms with Gasteiger partial charge in [0.25, 0.3) is 0 Å². The van der Waals surface area contributed by atoms with Crippen LogP contribution in [0.3, 0.4) is 0 Å². The summed E-state index contributed by atoms with van der Waals surface area (Å²) >= 11 is 1.94. The third kappa shape index (κ3) is 4.21. The van der Waals surface area contributed by atoms with E-state index in [4.69, 9.17) is 0 Å². The normalized spacial score (nSPS) is 13.3. The van der Waals surface area contributed by atoms with E-state index in [0.717, 1.165) is 0 Å². The molecule has 0 spiro atoms. The van der Waals surface area contributed by atoms with E-state index in [1.54, 1.807) is 0 Å². The lowest BCUT2D eigenvalue weighted by molar-refractivity contribution is 0.667. The van der Waals surface area contributed by atoms with Gasteiger partial charge in [-0.15, -0.1) is 11.3 Å². The van der Waals surface area contributed by atoms with Crippen LogP contribution in [-0.2, 0) is 5.41 Å². The first-order chi connectivity index (χ1) is 25.5. The summed E-state index contributed by atoms with van der Waals surface area (Å²) in [4.78, 5) is 0. The fraction of sp³-hybridized carbons (Fsp3) is 0.0588. The summed E-state index contributed by atoms with van der Waals surface area (Å²) in [5, 5.41) is 10.4. The van der Waals surface area contributed by atoms with Gasteiger partial charge < -0.3 is 0 Å². The van der Waals surface area contributed by atoms with Crippen LogP contribution in [0.1, 0.15) is 25.0 Å². The maximum atomic E-state index is 2.50. The Morgan fingerprint density at radius 3 is 1.63 bits per heavy atom. The molecule has 244 valence electrons. The van der Waals surface area contributed by atoms with Gasteiger partial charge in [-0.05, 0) is 106 Å². The Morgan fingerprint density at radius 1 is 0.385 bits per heavy atom. The summed E-state index contributed by atoms with van der Waals surface area (Å²) in [6.07, 6.45) is 0. The molecule has 0 amide bonds. The molecular formula is C51H34S. The summed E-state index contributed by atoms with van der Waals surface area (Å²) in [6, 6.07) is 63.4. The van der Waals surface area contributed by atoms with E-state index in [9.17, 15) is 0 Å². The van der Waals surface area contributed by atoms with Gasteiger partial charge in [0.2, 0.25) is 0 Å². The number of hydrogen-bond acceptors (Lipinski definition) is 1. The van der Waals surface area contributed by atoms with Crippen LogP contribution in [0.2, 0.25) is 0 Å². The fourth-order valence-corrected chi connectivity index (χ4v) is 10.6. The van der Waals surface area contributed by atoms with Crippen molar-refractivity contribution >= 4 is 63.8 Å². The summed E-state index contributed by atoms with van der Waals surface area (Å²) in [5.41, 5.74) is 13.1. The van der Waals surface area contributed by atoms with E-state index in [1.807, 2.05) is 11.3 Å². The molecule has 1 aliphatic carbocycles. The standard InChI is InChI=1S/C51H34S/c1-51(2)45-30-36(25-26-37(45)43-27-28-44-38-13-9-10-18-46(38)52-50(44)49(43)51)48-41-16-7-5-14-39(41)47(40-15-6-8-17-42(40)48)33-22-19-32(20-23-33)35-24-21-31-11-3-4-12-34(31)29-35/h3-30H,1-2H3. The van der Waals surface area contributed by atoms with Crippen molar-refractivity contribution in [3.05, 3.63) is 181 Å². The second kappa shape index (κ2) is 11.0. The molecule has 1 heterocycles. The van der Waals surface area contributed by atoms with Gasteiger partial charge in [-0.1, -0.05) is 166 Å². The van der Waals surface area contributed by atoms with Crippen molar-refractivity contribution in [1.29, 1.82) is 0 Å². The van der Waals surface area contributed by atoms with E-state index in [0.29, 0.717) is 0 Å². The highest BCUT2D eigenvalue weighted by Gasteiger charge is 2.38. The second-order valence-electron chi connectivity index (χ2n) is 14.8. The van der Waals surface area contributed by atoms with Crippen LogP contribution >= 0.6 is 11.3 Å². The summed E-state index contributed by atoms with van der Waals surface area (Å²) in [5.74, 6) is 0. The Bertz CT molecular complexity index is 3030. The zero-order valence-electron chi connectivity index (χ0n) is 29.1. The highest BCUT2D eigenvalue weighted by molar-refractivity contribution is 7.26. The summed E-state index contributed by atoms with van der Waals surface area (Å²) in [6.45, 7) is 4.85. The molecule has 0 aliphatic heterocycles. The number of fused-ring (bicyclic) bond motifs is 10. The van der Waals surface area contributed by atoms with E-state index in [-0.39, 0.29) is 5.41 Å². The smallest absolute Gasteiger partial charge is 0.0402 e. The topological polar surface area (TPSA) is 0 Å². The first-order valence-corrected chi connectivity index (χ1v) is 19.0. The molecule has 0 unspecified atom stereocenters. The largest absolute Gasteiger partial charge is 0.135 e. The molecule has 0 saturated carbocycles. The molecular weight excluding hydrogens is 645 g/mol. The molecule has 0 N–H and O–H groups in total. The molecule has 11 rings (SSSR count). The van der Waals surface area contributed by atoms with Crippen LogP contribution in [0, 0.1) is 0 Å². The van der Waals surface area contributed by atoms with Gasteiger partial charge in [-0.3, -0.25) is 0 Å². The Hall–Kier alpha value is -6.02. The van der Waals surface area contributed by atoms with Crippen LogP contribution in [0.15, 0.2) is 170 Å². The minimum atomic E-state index is -0.126. The van der Waals surface area contributed by atoms with Crippen molar-refractivity contribution in [2.75, 3.05) is 0 Å². The molecule has 0 fully saturated rings. The lowest BCUT2D eigenvalue weighted by Crippen LogP contribution is -2.15. The summed E-state index contributed by atoms with van der Waals surface area (Å²) in [7, 11) is 0. The predicted molar refractivity (Wildman–Crippen MR) is 226 cm³/mol. The average Bonchev–Trinajstić information content (AvgIpc) is 3.68. The molecule has 1 aromatic heterocycles. The van der Waals surface area contributed by atoms with Crippen LogP contribution < -0.4 is 0 Å². The van der Waals surface area contributed by atoms with Gasteiger partial charge in [-0.25, -0.2) is 0 Å². The minimum Gasteiger partial charge on any atom is -0.135 e. The van der Waals surface area contributed by atoms with E-state index < -0.39 is 0 Å². The Morgan fingerprint density at radius 2 is 0.923 bits per heavy atom. The lowest BCUT2D eigenvalue weighted by Gasteiger charge is -2.23. The van der Waals surface area contributed by atoms with Crippen molar-refractivity contribution in [3.63, 3.8) is 0 Å². The quantitative estimate of drug-likeness (QED) is 0.163. The third-order valence-corrected chi connectivity index (χ3v) is 12.8. The molecule has 10 aromatic rings. The van der Waals surface area contributed by atoms with Gasteiger partial charge >= 0.3 is 0 Å². The van der Waals surface area contributed by atoms with Gasteiger partial charge in [-0.2, -0.15) is 0 Å². The van der Waals surface area contributed by atoms with Gasteiger partial charge in [0.05, 0.1) is 0 Å². The molecule has 0 bridgehead atoms. The first kappa shape index (κ1) is 29.7. The Balaban J connectivity index is 1.08. The van der Waals surface area contributed by atoms with E-state index in [2.05, 4.69) is 184 Å². The predicted octanol–water partition coefficient (Wildman–Crippen LogP) is 14.8. The number of hydrogen-bond donors (Lipinski definition) is 0. The Kier molecular flexibility index (Phi) is 6.27. The van der Waals surface area contributed by atoms with Crippen LogP contribution in [0.4, 0.5) is 0 Å². The highest BCUT2D eigenvalue weighted by Crippen LogP contribution is 2.55. The molecule has 1 aliphatic rings. The van der Waals surface area contributed by atoms with Crippen LogP contribution in [-0.4, -0.2) is 0 Å². The first-order valence-electron chi connectivity index (χ1n) is 18.2. The van der Waals surface area contributed by atoms with Gasteiger partial charge in [0.15, 0.2) is 0 Å². The molecule has 9 aromatic carbocycles. The van der Waals surface area contributed by atoms with Crippen molar-refractivity contribution in [1.82, 2.24) is 0 Å². The number of rotatable bonds is 3. The maximum absolute atomic E-state index is 2.50. The van der Waals surface area contributed by atoms with Gasteiger partial charge in [0.1, 0.15) is 0 Å². The minimum absolute atomic E-state index is 0.126. The zero-order valence-corrected chi connectivity index (χ0v) is 29.9. The van der Waals surface area contributed by atoms with Crippen molar-refractivity contribution in [3.8, 4) is 44.5 Å². The SMILES string of the molecule is CC1(C)c2cc(-c3c4ccccc4c(-c4ccc(-c5ccc6ccccc6c5)cc4)c4ccccc34)ccc2-c2ccc3c(sc4ccccc43)c21. The van der Waals surface area contributed by atoms with Crippen molar-refractivity contribution in [2.24, 2.45) is 0 Å². The lowest BCUT2D eigenvalue weighted by atomic mass is 9.80. The average molecular weight is 679 g/mol. The third-order valence-electron chi connectivity index (χ3n) is 11.6. The van der Waals surface area contributed by atoms with Crippen LogP contribution in [0.25, 0.3) is 97.0 Å². The number of thiophene rings is 1. The molecule has 1 heteroatoms. The van der Waals surface area contributed by atoms with Crippen LogP contribution in [0.5, 0.6) is 0 Å². The number of benzene rings is 9. The molecule has 0 saturated heterocycles.